The Kier molecular flexibility index (Phi) is 4.14. The molecule has 0 saturated carbocycles. The van der Waals surface area contributed by atoms with Crippen LogP contribution in [0.3, 0.4) is 0 Å². The molecule has 1 aromatic carbocycles. The van der Waals surface area contributed by atoms with Crippen molar-refractivity contribution in [2.75, 3.05) is 0 Å². The van der Waals surface area contributed by atoms with Crippen LogP contribution in [0.2, 0.25) is 0 Å². The number of nitrogens with one attached hydrogen (secondary N) is 1. The molecule has 0 bridgehead atoms. The number of aromatic nitrogens is 4. The lowest BCUT2D eigenvalue weighted by atomic mass is 10.2. The SMILES string of the molecule is CCn1nc(C)c(CNC(=O)Cn2ncc3ccccc32)c1C. The van der Waals surface area contributed by atoms with Crippen LogP contribution in [0.5, 0.6) is 0 Å². The van der Waals surface area contributed by atoms with Gasteiger partial charge in [0.2, 0.25) is 5.91 Å². The highest BCUT2D eigenvalue weighted by Gasteiger charge is 2.12. The smallest absolute Gasteiger partial charge is 0.242 e. The average Bonchev–Trinajstić information content (AvgIpc) is 3.07. The third-order valence-electron chi connectivity index (χ3n) is 4.14. The number of amides is 1. The van der Waals surface area contributed by atoms with Gasteiger partial charge in [0, 0.05) is 29.7 Å². The second kappa shape index (κ2) is 6.24. The average molecular weight is 311 g/mol. The summed E-state index contributed by atoms with van der Waals surface area (Å²) >= 11 is 0. The van der Waals surface area contributed by atoms with E-state index in [1.807, 2.05) is 42.8 Å². The number of carbonyl (C=O) groups is 1. The number of hydrogen-bond acceptors (Lipinski definition) is 3. The summed E-state index contributed by atoms with van der Waals surface area (Å²) in [6.45, 7) is 7.61. The van der Waals surface area contributed by atoms with Gasteiger partial charge in [-0.25, -0.2) is 0 Å². The minimum absolute atomic E-state index is 0.0538. The largest absolute Gasteiger partial charge is 0.350 e. The van der Waals surface area contributed by atoms with Crippen LogP contribution in [0, 0.1) is 13.8 Å². The fraction of sp³-hybridized carbons (Fsp3) is 0.353. The second-order valence-electron chi connectivity index (χ2n) is 5.60. The Morgan fingerprint density at radius 3 is 2.74 bits per heavy atom. The number of benzene rings is 1. The van der Waals surface area contributed by atoms with Crippen LogP contribution in [-0.2, 0) is 24.4 Å². The molecule has 0 aliphatic rings. The van der Waals surface area contributed by atoms with Gasteiger partial charge in [-0.1, -0.05) is 18.2 Å². The summed E-state index contributed by atoms with van der Waals surface area (Å²) in [5, 5.41) is 12.8. The number of fused-ring (bicyclic) bond motifs is 1. The predicted octanol–water partition coefficient (Wildman–Crippen LogP) is 2.19. The van der Waals surface area contributed by atoms with Gasteiger partial charge >= 0.3 is 0 Å². The number of aryl methyl sites for hydroxylation is 2. The molecule has 0 fully saturated rings. The molecule has 23 heavy (non-hydrogen) atoms. The molecular weight excluding hydrogens is 290 g/mol. The van der Waals surface area contributed by atoms with E-state index in [9.17, 15) is 4.79 Å². The van der Waals surface area contributed by atoms with Gasteiger partial charge < -0.3 is 5.32 Å². The van der Waals surface area contributed by atoms with Crippen LogP contribution in [0.15, 0.2) is 30.5 Å². The van der Waals surface area contributed by atoms with Gasteiger partial charge in [0.05, 0.1) is 17.4 Å². The first kappa shape index (κ1) is 15.3. The Morgan fingerprint density at radius 2 is 2.00 bits per heavy atom. The summed E-state index contributed by atoms with van der Waals surface area (Å²) in [4.78, 5) is 12.2. The fourth-order valence-electron chi connectivity index (χ4n) is 2.83. The second-order valence-corrected chi connectivity index (χ2v) is 5.60. The van der Waals surface area contributed by atoms with Crippen molar-refractivity contribution < 1.29 is 4.79 Å². The summed E-state index contributed by atoms with van der Waals surface area (Å²) in [5.41, 5.74) is 4.13. The molecule has 6 nitrogen and oxygen atoms in total. The van der Waals surface area contributed by atoms with Crippen LogP contribution in [0.4, 0.5) is 0 Å². The van der Waals surface area contributed by atoms with E-state index in [1.165, 1.54) is 0 Å². The van der Waals surface area contributed by atoms with E-state index in [4.69, 9.17) is 0 Å². The normalized spacial score (nSPS) is 11.1. The van der Waals surface area contributed by atoms with Crippen molar-refractivity contribution in [3.8, 4) is 0 Å². The van der Waals surface area contributed by atoms with Gasteiger partial charge in [-0.05, 0) is 26.8 Å². The molecule has 0 spiro atoms. The quantitative estimate of drug-likeness (QED) is 0.785. The van der Waals surface area contributed by atoms with Crippen LogP contribution in [0.1, 0.15) is 23.9 Å². The lowest BCUT2D eigenvalue weighted by molar-refractivity contribution is -0.121. The third kappa shape index (κ3) is 2.97. The van der Waals surface area contributed by atoms with E-state index in [-0.39, 0.29) is 12.5 Å². The van der Waals surface area contributed by atoms with E-state index in [1.54, 1.807) is 10.9 Å². The minimum atomic E-state index is -0.0538. The number of rotatable bonds is 5. The molecule has 6 heteroatoms. The topological polar surface area (TPSA) is 64.7 Å². The van der Waals surface area contributed by atoms with Gasteiger partial charge in [-0.2, -0.15) is 10.2 Å². The van der Waals surface area contributed by atoms with Crippen molar-refractivity contribution in [2.24, 2.45) is 0 Å². The lowest BCUT2D eigenvalue weighted by Gasteiger charge is -2.07. The molecule has 0 atom stereocenters. The van der Waals surface area contributed by atoms with Crippen molar-refractivity contribution in [1.82, 2.24) is 24.9 Å². The Labute approximate surface area is 135 Å². The van der Waals surface area contributed by atoms with E-state index in [2.05, 4.69) is 22.4 Å². The minimum Gasteiger partial charge on any atom is -0.350 e. The lowest BCUT2D eigenvalue weighted by Crippen LogP contribution is -2.27. The molecule has 2 heterocycles. The molecule has 2 aromatic heterocycles. The van der Waals surface area contributed by atoms with Gasteiger partial charge in [-0.3, -0.25) is 14.2 Å². The van der Waals surface area contributed by atoms with Crippen molar-refractivity contribution in [1.29, 1.82) is 0 Å². The van der Waals surface area contributed by atoms with Crippen molar-refractivity contribution in [3.63, 3.8) is 0 Å². The Morgan fingerprint density at radius 1 is 1.22 bits per heavy atom. The van der Waals surface area contributed by atoms with E-state index in [0.717, 1.165) is 34.4 Å². The van der Waals surface area contributed by atoms with Crippen LogP contribution >= 0.6 is 0 Å². The molecule has 0 saturated heterocycles. The summed E-state index contributed by atoms with van der Waals surface area (Å²) in [5.74, 6) is -0.0538. The van der Waals surface area contributed by atoms with Crippen LogP contribution < -0.4 is 5.32 Å². The Bertz CT molecular complexity index is 846. The highest BCUT2D eigenvalue weighted by Crippen LogP contribution is 2.14. The zero-order chi connectivity index (χ0) is 16.4. The molecule has 0 aliphatic heterocycles. The van der Waals surface area contributed by atoms with Crippen molar-refractivity contribution in [2.45, 2.75) is 40.4 Å². The number of para-hydroxylation sites is 1. The van der Waals surface area contributed by atoms with Crippen LogP contribution in [-0.4, -0.2) is 25.5 Å². The zero-order valence-corrected chi connectivity index (χ0v) is 13.7. The maximum Gasteiger partial charge on any atom is 0.242 e. The molecular formula is C17H21N5O. The van der Waals surface area contributed by atoms with E-state index in [0.29, 0.717) is 6.54 Å². The maximum absolute atomic E-state index is 12.2. The predicted molar refractivity (Wildman–Crippen MR) is 89.0 cm³/mol. The molecule has 1 amide bonds. The molecule has 3 rings (SSSR count). The molecule has 1 N–H and O–H groups in total. The standard InChI is InChI=1S/C17H21N5O/c1-4-21-13(3)15(12(2)20-21)10-18-17(23)11-22-16-8-6-5-7-14(16)9-19-22/h5-9H,4,10-11H2,1-3H3,(H,18,23). The molecule has 0 radical (unpaired) electrons. The fourth-order valence-corrected chi connectivity index (χ4v) is 2.83. The zero-order valence-electron chi connectivity index (χ0n) is 13.7. The monoisotopic (exact) mass is 311 g/mol. The molecule has 3 aromatic rings. The summed E-state index contributed by atoms with van der Waals surface area (Å²) in [7, 11) is 0. The first-order valence-corrected chi connectivity index (χ1v) is 7.80. The van der Waals surface area contributed by atoms with E-state index >= 15 is 0 Å². The Hall–Kier alpha value is -2.63. The highest BCUT2D eigenvalue weighted by molar-refractivity contribution is 5.81. The number of carbonyl (C=O) groups excluding carboxylic acids is 1. The van der Waals surface area contributed by atoms with Gasteiger partial charge in [0.15, 0.2) is 0 Å². The Balaban J connectivity index is 1.67. The number of hydrogen-bond donors (Lipinski definition) is 1. The van der Waals surface area contributed by atoms with Gasteiger partial charge in [-0.15, -0.1) is 0 Å². The first-order chi connectivity index (χ1) is 11.1. The highest BCUT2D eigenvalue weighted by atomic mass is 16.2. The van der Waals surface area contributed by atoms with E-state index < -0.39 is 0 Å². The van der Waals surface area contributed by atoms with Crippen molar-refractivity contribution in [3.05, 3.63) is 47.4 Å². The number of nitrogens with zero attached hydrogens (tertiary/aromatic N) is 4. The van der Waals surface area contributed by atoms with Gasteiger partial charge in [0.1, 0.15) is 6.54 Å². The van der Waals surface area contributed by atoms with Gasteiger partial charge in [0.25, 0.3) is 0 Å². The van der Waals surface area contributed by atoms with Crippen molar-refractivity contribution >= 4 is 16.8 Å². The summed E-state index contributed by atoms with van der Waals surface area (Å²) < 4.78 is 3.68. The summed E-state index contributed by atoms with van der Waals surface area (Å²) in [6.07, 6.45) is 1.78. The maximum atomic E-state index is 12.2. The molecule has 120 valence electrons. The summed E-state index contributed by atoms with van der Waals surface area (Å²) in [6, 6.07) is 7.87. The van der Waals surface area contributed by atoms with Crippen LogP contribution in [0.25, 0.3) is 10.9 Å². The third-order valence-corrected chi connectivity index (χ3v) is 4.14. The molecule has 0 unspecified atom stereocenters. The molecule has 0 aliphatic carbocycles. The first-order valence-electron chi connectivity index (χ1n) is 7.80.